The van der Waals surface area contributed by atoms with Gasteiger partial charge in [0, 0.05) is 29.2 Å². The molecular weight excluding hydrogens is 296 g/mol. The number of hydrogen-bond donors (Lipinski definition) is 1. The Kier molecular flexibility index (Phi) is 4.04. The van der Waals surface area contributed by atoms with Crippen molar-refractivity contribution in [3.63, 3.8) is 0 Å². The highest BCUT2D eigenvalue weighted by atomic mass is 16.6. The topological polar surface area (TPSA) is 81.3 Å². The van der Waals surface area contributed by atoms with E-state index in [9.17, 15) is 9.59 Å². The highest BCUT2D eigenvalue weighted by Crippen LogP contribution is 2.52. The van der Waals surface area contributed by atoms with E-state index in [1.54, 1.807) is 13.8 Å². The van der Waals surface area contributed by atoms with Gasteiger partial charge in [-0.2, -0.15) is 0 Å². The predicted octanol–water partition coefficient (Wildman–Crippen LogP) is 1.68. The number of nitrogens with one attached hydrogen (secondary N) is 1. The van der Waals surface area contributed by atoms with E-state index in [1.807, 2.05) is 0 Å². The number of hydrogen-bond acceptors (Lipinski definition) is 5. The van der Waals surface area contributed by atoms with E-state index < -0.39 is 0 Å². The molecule has 1 aromatic heterocycles. The molecule has 6 nitrogen and oxygen atoms in total. The molecule has 1 N–H and O–H groups in total. The van der Waals surface area contributed by atoms with Gasteiger partial charge in [-0.25, -0.2) is 4.98 Å². The van der Waals surface area contributed by atoms with E-state index in [4.69, 9.17) is 9.47 Å². The van der Waals surface area contributed by atoms with Crippen molar-refractivity contribution < 1.29 is 14.3 Å². The van der Waals surface area contributed by atoms with Gasteiger partial charge in [0.25, 0.3) is 5.56 Å². The van der Waals surface area contributed by atoms with Crippen LogP contribution in [0.1, 0.15) is 43.8 Å². The molecule has 2 heterocycles. The summed E-state index contributed by atoms with van der Waals surface area (Å²) in [5.41, 5.74) is 0.524. The smallest absolute Gasteiger partial charge is 0.310 e. The van der Waals surface area contributed by atoms with Crippen LogP contribution in [0.25, 0.3) is 0 Å². The minimum absolute atomic E-state index is 0.0424. The van der Waals surface area contributed by atoms with Crippen LogP contribution in [0.3, 0.4) is 0 Å². The second kappa shape index (κ2) is 5.74. The molecule has 126 valence electrons. The van der Waals surface area contributed by atoms with Gasteiger partial charge >= 0.3 is 5.97 Å². The Balaban J connectivity index is 1.70. The third-order valence-corrected chi connectivity index (χ3v) is 5.14. The van der Waals surface area contributed by atoms with Crippen molar-refractivity contribution in [3.8, 4) is 0 Å². The number of fused-ring (bicyclic) bond motifs is 1. The van der Waals surface area contributed by atoms with Crippen molar-refractivity contribution in [1.82, 2.24) is 9.97 Å². The number of carbonyl (C=O) groups is 1. The third kappa shape index (κ3) is 2.80. The van der Waals surface area contributed by atoms with Gasteiger partial charge in [0.1, 0.15) is 11.9 Å². The molecule has 1 saturated carbocycles. The van der Waals surface area contributed by atoms with Crippen molar-refractivity contribution in [1.29, 1.82) is 0 Å². The first kappa shape index (κ1) is 16.2. The molecule has 0 amide bonds. The molecule has 2 fully saturated rings. The molecule has 1 aromatic rings. The minimum atomic E-state index is -0.369. The molecule has 0 spiro atoms. The number of carbonyl (C=O) groups excluding carboxylic acids is 1. The van der Waals surface area contributed by atoms with Crippen molar-refractivity contribution >= 4 is 5.97 Å². The number of rotatable bonds is 3. The normalized spacial score (nSPS) is 28.6. The summed E-state index contributed by atoms with van der Waals surface area (Å²) in [5, 5.41) is 0. The van der Waals surface area contributed by atoms with Crippen LogP contribution in [0.2, 0.25) is 0 Å². The second-order valence-electron chi connectivity index (χ2n) is 7.22. The SMILES string of the molecule is Cc1nc(C)c(CC(=O)O[C@@H]2[C@H]3CCCO[C@H]3C2(C)C)c(=O)[nH]1. The molecule has 0 radical (unpaired) electrons. The standard InChI is InChI=1S/C17H24N2O4/c1-9-12(16(21)19-10(2)18-9)8-13(20)23-15-11-6-5-7-22-14(11)17(15,3)4/h11,14-15H,5-8H2,1-4H3,(H,18,19,21)/t11-,14+,15+/m0/s1. The zero-order valence-electron chi connectivity index (χ0n) is 14.1. The molecule has 6 heteroatoms. The fraction of sp³-hybridized carbons (Fsp3) is 0.706. The van der Waals surface area contributed by atoms with E-state index in [-0.39, 0.29) is 41.5 Å². The van der Waals surface area contributed by atoms with Crippen LogP contribution in [-0.4, -0.2) is 34.8 Å². The van der Waals surface area contributed by atoms with E-state index in [0.29, 0.717) is 17.1 Å². The maximum absolute atomic E-state index is 12.3. The van der Waals surface area contributed by atoms with Crippen molar-refractivity contribution in [2.24, 2.45) is 11.3 Å². The number of aryl methyl sites for hydroxylation is 2. The quantitative estimate of drug-likeness (QED) is 0.857. The Morgan fingerprint density at radius 2 is 2.17 bits per heavy atom. The van der Waals surface area contributed by atoms with Gasteiger partial charge in [-0.15, -0.1) is 0 Å². The number of H-pyrrole nitrogens is 1. The summed E-state index contributed by atoms with van der Waals surface area (Å²) in [6, 6.07) is 0. The lowest BCUT2D eigenvalue weighted by Gasteiger charge is -2.58. The largest absolute Gasteiger partial charge is 0.461 e. The first-order valence-corrected chi connectivity index (χ1v) is 8.18. The molecule has 0 bridgehead atoms. The fourth-order valence-electron chi connectivity index (χ4n) is 4.00. The highest BCUT2D eigenvalue weighted by molar-refractivity contribution is 5.73. The van der Waals surface area contributed by atoms with E-state index in [2.05, 4.69) is 23.8 Å². The van der Waals surface area contributed by atoms with E-state index in [1.165, 1.54) is 0 Å². The maximum atomic E-state index is 12.3. The van der Waals surface area contributed by atoms with E-state index in [0.717, 1.165) is 19.4 Å². The number of nitrogens with zero attached hydrogens (tertiary/aromatic N) is 1. The van der Waals surface area contributed by atoms with Gasteiger partial charge in [0.15, 0.2) is 0 Å². The molecular formula is C17H24N2O4. The van der Waals surface area contributed by atoms with Crippen LogP contribution in [0, 0.1) is 25.2 Å². The predicted molar refractivity (Wildman–Crippen MR) is 84.2 cm³/mol. The number of aromatic amines is 1. The average Bonchev–Trinajstić information content (AvgIpc) is 2.48. The van der Waals surface area contributed by atoms with Gasteiger partial charge in [0.2, 0.25) is 0 Å². The molecule has 3 rings (SSSR count). The molecule has 23 heavy (non-hydrogen) atoms. The van der Waals surface area contributed by atoms with Gasteiger partial charge in [-0.05, 0) is 26.7 Å². The molecule has 0 aromatic carbocycles. The Labute approximate surface area is 135 Å². The van der Waals surface area contributed by atoms with Crippen molar-refractivity contribution in [2.75, 3.05) is 6.61 Å². The second-order valence-corrected chi connectivity index (χ2v) is 7.22. The summed E-state index contributed by atoms with van der Waals surface area (Å²) in [6.07, 6.45) is 2.02. The summed E-state index contributed by atoms with van der Waals surface area (Å²) in [4.78, 5) is 31.2. The number of aromatic nitrogens is 2. The molecule has 0 unspecified atom stereocenters. The Bertz CT molecular complexity index is 680. The fourth-order valence-corrected chi connectivity index (χ4v) is 4.00. The Hall–Kier alpha value is -1.69. The first-order chi connectivity index (χ1) is 10.8. The molecule has 2 aliphatic rings. The summed E-state index contributed by atoms with van der Waals surface area (Å²) in [7, 11) is 0. The molecule has 1 aliphatic heterocycles. The lowest BCUT2D eigenvalue weighted by molar-refractivity contribution is -0.254. The van der Waals surface area contributed by atoms with Crippen LogP contribution in [0.4, 0.5) is 0 Å². The Morgan fingerprint density at radius 1 is 1.43 bits per heavy atom. The summed E-state index contributed by atoms with van der Waals surface area (Å²) in [5.74, 6) is 0.455. The summed E-state index contributed by atoms with van der Waals surface area (Å²) in [6.45, 7) is 8.39. The molecule has 1 saturated heterocycles. The van der Waals surface area contributed by atoms with E-state index >= 15 is 0 Å². The van der Waals surface area contributed by atoms with Crippen LogP contribution in [-0.2, 0) is 20.7 Å². The Morgan fingerprint density at radius 3 is 2.87 bits per heavy atom. The number of esters is 1. The zero-order valence-corrected chi connectivity index (χ0v) is 14.1. The molecule has 3 atom stereocenters. The van der Waals surface area contributed by atoms with Crippen LogP contribution in [0.5, 0.6) is 0 Å². The van der Waals surface area contributed by atoms with Crippen LogP contribution < -0.4 is 5.56 Å². The average molecular weight is 320 g/mol. The van der Waals surface area contributed by atoms with Crippen LogP contribution >= 0.6 is 0 Å². The van der Waals surface area contributed by atoms with Crippen molar-refractivity contribution in [3.05, 3.63) is 27.4 Å². The van der Waals surface area contributed by atoms with Crippen molar-refractivity contribution in [2.45, 2.75) is 59.2 Å². The third-order valence-electron chi connectivity index (χ3n) is 5.14. The molecule has 1 aliphatic carbocycles. The zero-order chi connectivity index (χ0) is 16.8. The van der Waals surface area contributed by atoms with Gasteiger partial charge in [0.05, 0.1) is 12.5 Å². The van der Waals surface area contributed by atoms with Gasteiger partial charge < -0.3 is 14.5 Å². The summed E-state index contributed by atoms with van der Waals surface area (Å²) >= 11 is 0. The lowest BCUT2D eigenvalue weighted by Crippen LogP contribution is -2.65. The highest BCUT2D eigenvalue weighted by Gasteiger charge is 2.60. The summed E-state index contributed by atoms with van der Waals surface area (Å²) < 4.78 is 11.5. The van der Waals surface area contributed by atoms with Gasteiger partial charge in [-0.3, -0.25) is 9.59 Å². The van der Waals surface area contributed by atoms with Crippen LogP contribution in [0.15, 0.2) is 4.79 Å². The van der Waals surface area contributed by atoms with Gasteiger partial charge in [-0.1, -0.05) is 13.8 Å². The monoisotopic (exact) mass is 320 g/mol. The number of ether oxygens (including phenoxy) is 2. The minimum Gasteiger partial charge on any atom is -0.461 e. The lowest BCUT2D eigenvalue weighted by atomic mass is 9.57. The maximum Gasteiger partial charge on any atom is 0.310 e. The first-order valence-electron chi connectivity index (χ1n) is 8.18.